The van der Waals surface area contributed by atoms with Gasteiger partial charge in [0.25, 0.3) is 0 Å². The molecule has 2 unspecified atom stereocenters. The largest absolute Gasteiger partial charge is 0.314 e. The summed E-state index contributed by atoms with van der Waals surface area (Å²) in [7, 11) is 0. The van der Waals surface area contributed by atoms with Gasteiger partial charge in [0.2, 0.25) is 0 Å². The molecule has 1 aromatic carbocycles. The van der Waals surface area contributed by atoms with Crippen LogP contribution in [-0.4, -0.2) is 12.6 Å². The van der Waals surface area contributed by atoms with Crippen LogP contribution in [0.1, 0.15) is 32.8 Å². The second kappa shape index (κ2) is 7.25. The highest BCUT2D eigenvalue weighted by atomic mass is 35.5. The molecule has 0 aliphatic rings. The van der Waals surface area contributed by atoms with Gasteiger partial charge in [-0.3, -0.25) is 0 Å². The van der Waals surface area contributed by atoms with Crippen molar-refractivity contribution in [1.82, 2.24) is 5.32 Å². The zero-order valence-electron chi connectivity index (χ0n) is 10.8. The number of hydrogen-bond donors (Lipinski definition) is 1. The van der Waals surface area contributed by atoms with Gasteiger partial charge in [-0.25, -0.2) is 0 Å². The molecule has 3 heteroatoms. The highest BCUT2D eigenvalue weighted by Crippen LogP contribution is 2.24. The Morgan fingerprint density at radius 1 is 1.24 bits per heavy atom. The van der Waals surface area contributed by atoms with E-state index in [2.05, 4.69) is 26.1 Å². The number of halogens is 2. The molecule has 0 saturated carbocycles. The second-order valence-corrected chi connectivity index (χ2v) is 5.50. The van der Waals surface area contributed by atoms with Gasteiger partial charge in [0.15, 0.2) is 0 Å². The molecule has 0 aromatic heterocycles. The smallest absolute Gasteiger partial charge is 0.0452 e. The van der Waals surface area contributed by atoms with E-state index in [0.717, 1.165) is 18.0 Å². The van der Waals surface area contributed by atoms with Gasteiger partial charge in [-0.1, -0.05) is 43.1 Å². The molecule has 1 nitrogen and oxygen atoms in total. The van der Waals surface area contributed by atoms with Gasteiger partial charge in [0.1, 0.15) is 0 Å². The normalized spacial score (nSPS) is 14.6. The number of hydrogen-bond acceptors (Lipinski definition) is 1. The van der Waals surface area contributed by atoms with Crippen molar-refractivity contribution in [3.63, 3.8) is 0 Å². The first-order valence-corrected chi connectivity index (χ1v) is 6.97. The third-order valence-electron chi connectivity index (χ3n) is 3.13. The summed E-state index contributed by atoms with van der Waals surface area (Å²) in [5.41, 5.74) is 1.17. The maximum Gasteiger partial charge on any atom is 0.0452 e. The lowest BCUT2D eigenvalue weighted by molar-refractivity contribution is 0.399. The van der Waals surface area contributed by atoms with Gasteiger partial charge >= 0.3 is 0 Å². The van der Waals surface area contributed by atoms with Crippen molar-refractivity contribution in [2.45, 2.75) is 39.7 Å². The molecule has 0 aliphatic carbocycles. The third kappa shape index (κ3) is 4.87. The van der Waals surface area contributed by atoms with Gasteiger partial charge in [-0.05, 0) is 49.9 Å². The third-order valence-corrected chi connectivity index (χ3v) is 3.71. The van der Waals surface area contributed by atoms with Crippen molar-refractivity contribution in [1.29, 1.82) is 0 Å². The fourth-order valence-electron chi connectivity index (χ4n) is 1.78. The first kappa shape index (κ1) is 14.8. The van der Waals surface area contributed by atoms with Crippen LogP contribution in [0.4, 0.5) is 0 Å². The van der Waals surface area contributed by atoms with E-state index in [0.29, 0.717) is 17.0 Å². The van der Waals surface area contributed by atoms with Crippen molar-refractivity contribution >= 4 is 23.2 Å². The van der Waals surface area contributed by atoms with E-state index in [1.54, 1.807) is 0 Å². The summed E-state index contributed by atoms with van der Waals surface area (Å²) in [6.07, 6.45) is 2.15. The predicted molar refractivity (Wildman–Crippen MR) is 77.1 cm³/mol. The Hall–Kier alpha value is -0.240. The summed E-state index contributed by atoms with van der Waals surface area (Å²) in [5.74, 6) is 0.556. The Morgan fingerprint density at radius 2 is 1.94 bits per heavy atom. The summed E-state index contributed by atoms with van der Waals surface area (Å²) in [5, 5.41) is 4.98. The van der Waals surface area contributed by atoms with Crippen molar-refractivity contribution < 1.29 is 0 Å². The van der Waals surface area contributed by atoms with Crippen molar-refractivity contribution in [2.24, 2.45) is 5.92 Å². The molecule has 0 saturated heterocycles. The average Bonchev–Trinajstić information content (AvgIpc) is 2.29. The molecule has 0 spiro atoms. The van der Waals surface area contributed by atoms with Gasteiger partial charge in [-0.2, -0.15) is 0 Å². The molecule has 0 amide bonds. The Labute approximate surface area is 115 Å². The van der Waals surface area contributed by atoms with Crippen LogP contribution in [0, 0.1) is 5.92 Å². The van der Waals surface area contributed by atoms with Crippen molar-refractivity contribution in [3.05, 3.63) is 33.8 Å². The van der Waals surface area contributed by atoms with Crippen LogP contribution >= 0.6 is 23.2 Å². The minimum absolute atomic E-state index is 0.502. The molecule has 96 valence electrons. The molecule has 1 rings (SSSR count). The lowest BCUT2D eigenvalue weighted by atomic mass is 9.95. The lowest BCUT2D eigenvalue weighted by Crippen LogP contribution is -2.33. The average molecular weight is 274 g/mol. The molecular formula is C14H21Cl2N. The monoisotopic (exact) mass is 273 g/mol. The van der Waals surface area contributed by atoms with Gasteiger partial charge in [-0.15, -0.1) is 0 Å². The first-order valence-electron chi connectivity index (χ1n) is 6.22. The molecule has 1 N–H and O–H groups in total. The van der Waals surface area contributed by atoms with E-state index >= 15 is 0 Å². The fraction of sp³-hybridized carbons (Fsp3) is 0.571. The summed E-state index contributed by atoms with van der Waals surface area (Å²) in [4.78, 5) is 0. The van der Waals surface area contributed by atoms with Crippen LogP contribution in [0.3, 0.4) is 0 Å². The topological polar surface area (TPSA) is 12.0 Å². The van der Waals surface area contributed by atoms with E-state index in [1.165, 1.54) is 12.0 Å². The molecule has 2 atom stereocenters. The van der Waals surface area contributed by atoms with Gasteiger partial charge < -0.3 is 5.32 Å². The fourth-order valence-corrected chi connectivity index (χ4v) is 2.27. The molecule has 1 aromatic rings. The van der Waals surface area contributed by atoms with Crippen LogP contribution in [0.2, 0.25) is 10.0 Å². The van der Waals surface area contributed by atoms with Crippen LogP contribution in [0.25, 0.3) is 0 Å². The lowest BCUT2D eigenvalue weighted by Gasteiger charge is -2.21. The first-order chi connectivity index (χ1) is 8.04. The molecule has 0 fully saturated rings. The predicted octanol–water partition coefficient (Wildman–Crippen LogP) is 4.56. The summed E-state index contributed by atoms with van der Waals surface area (Å²) < 4.78 is 0. The van der Waals surface area contributed by atoms with Gasteiger partial charge in [0, 0.05) is 16.1 Å². The molecule has 0 heterocycles. The van der Waals surface area contributed by atoms with E-state index in [-0.39, 0.29) is 0 Å². The van der Waals surface area contributed by atoms with Crippen LogP contribution < -0.4 is 5.32 Å². The minimum atomic E-state index is 0.502. The molecule has 17 heavy (non-hydrogen) atoms. The molecular weight excluding hydrogens is 253 g/mol. The zero-order chi connectivity index (χ0) is 12.8. The Morgan fingerprint density at radius 3 is 2.53 bits per heavy atom. The number of benzene rings is 1. The molecule has 0 radical (unpaired) electrons. The van der Waals surface area contributed by atoms with Gasteiger partial charge in [0.05, 0.1) is 0 Å². The highest BCUT2D eigenvalue weighted by molar-refractivity contribution is 6.35. The Balaban J connectivity index is 2.58. The van der Waals surface area contributed by atoms with Crippen molar-refractivity contribution in [2.75, 3.05) is 6.54 Å². The summed E-state index contributed by atoms with van der Waals surface area (Å²) in [6, 6.07) is 6.24. The van der Waals surface area contributed by atoms with Crippen LogP contribution in [-0.2, 0) is 6.42 Å². The van der Waals surface area contributed by atoms with E-state index < -0.39 is 0 Å². The maximum absolute atomic E-state index is 6.18. The number of rotatable bonds is 6. The maximum atomic E-state index is 6.18. The van der Waals surface area contributed by atoms with E-state index in [1.807, 2.05) is 18.2 Å². The summed E-state index contributed by atoms with van der Waals surface area (Å²) in [6.45, 7) is 7.72. The Kier molecular flexibility index (Phi) is 6.32. The van der Waals surface area contributed by atoms with Crippen LogP contribution in [0.15, 0.2) is 18.2 Å². The molecule has 0 aliphatic heterocycles. The highest BCUT2D eigenvalue weighted by Gasteiger charge is 2.13. The van der Waals surface area contributed by atoms with Crippen LogP contribution in [0.5, 0.6) is 0 Å². The quantitative estimate of drug-likeness (QED) is 0.801. The SMILES string of the molecule is CCCNC(C)C(C)Cc1ccc(Cl)cc1Cl. The standard InChI is InChI=1S/C14H21Cl2N/c1-4-7-17-11(3)10(2)8-12-5-6-13(15)9-14(12)16/h5-6,9-11,17H,4,7-8H2,1-3H3. The zero-order valence-corrected chi connectivity index (χ0v) is 12.3. The van der Waals surface area contributed by atoms with E-state index in [9.17, 15) is 0 Å². The van der Waals surface area contributed by atoms with E-state index in [4.69, 9.17) is 23.2 Å². The Bertz CT molecular complexity index is 352. The number of nitrogens with one attached hydrogen (secondary N) is 1. The summed E-state index contributed by atoms with van der Waals surface area (Å²) >= 11 is 12.1. The van der Waals surface area contributed by atoms with Crippen molar-refractivity contribution in [3.8, 4) is 0 Å². The second-order valence-electron chi connectivity index (χ2n) is 4.66. The molecule has 0 bridgehead atoms. The minimum Gasteiger partial charge on any atom is -0.314 e.